The molecule has 0 aliphatic rings. The van der Waals surface area contributed by atoms with E-state index in [1.54, 1.807) is 48.5 Å². The first kappa shape index (κ1) is 15.8. The van der Waals surface area contributed by atoms with Crippen LogP contribution in [0, 0.1) is 12.3 Å². The monoisotopic (exact) mass is 335 g/mol. The highest BCUT2D eigenvalue weighted by molar-refractivity contribution is 7.09. The van der Waals surface area contributed by atoms with Gasteiger partial charge < -0.3 is 4.74 Å². The van der Waals surface area contributed by atoms with Crippen LogP contribution >= 0.6 is 11.5 Å². The van der Waals surface area contributed by atoms with Crippen molar-refractivity contribution in [3.63, 3.8) is 0 Å². The highest BCUT2D eigenvalue weighted by Gasteiger charge is 2.15. The van der Waals surface area contributed by atoms with Crippen LogP contribution in [0.4, 0.5) is 0 Å². The molecule has 0 fully saturated rings. The second kappa shape index (κ2) is 6.99. The Labute approximate surface area is 143 Å². The summed E-state index contributed by atoms with van der Waals surface area (Å²) < 4.78 is 6.78. The van der Waals surface area contributed by atoms with E-state index >= 15 is 0 Å². The quantitative estimate of drug-likeness (QED) is 0.532. The van der Waals surface area contributed by atoms with Crippen molar-refractivity contribution in [1.29, 1.82) is 0 Å². The van der Waals surface area contributed by atoms with Crippen LogP contribution in [0.5, 0.6) is 5.75 Å². The maximum atomic E-state index is 12.4. The SMILES string of the molecule is C#CCOc1ccc(-n2sc(C(=O)c3ccccc3)cc2=O)cc1. The molecule has 1 aromatic heterocycles. The fraction of sp³-hybridized carbons (Fsp3) is 0.0526. The smallest absolute Gasteiger partial charge is 0.266 e. The van der Waals surface area contributed by atoms with Crippen LogP contribution in [-0.4, -0.2) is 16.3 Å². The minimum Gasteiger partial charge on any atom is -0.481 e. The Morgan fingerprint density at radius 3 is 2.50 bits per heavy atom. The first-order chi connectivity index (χ1) is 11.7. The highest BCUT2D eigenvalue weighted by Crippen LogP contribution is 2.19. The van der Waals surface area contributed by atoms with Crippen LogP contribution in [0.2, 0.25) is 0 Å². The molecule has 1 heterocycles. The van der Waals surface area contributed by atoms with E-state index in [1.807, 2.05) is 6.07 Å². The number of aromatic nitrogens is 1. The largest absolute Gasteiger partial charge is 0.481 e. The molecule has 118 valence electrons. The van der Waals surface area contributed by atoms with E-state index in [4.69, 9.17) is 11.2 Å². The molecule has 2 aromatic carbocycles. The number of ketones is 1. The molecular weight excluding hydrogens is 322 g/mol. The van der Waals surface area contributed by atoms with Crippen molar-refractivity contribution < 1.29 is 9.53 Å². The molecule has 0 aliphatic heterocycles. The summed E-state index contributed by atoms with van der Waals surface area (Å²) in [7, 11) is 0. The summed E-state index contributed by atoms with van der Waals surface area (Å²) in [6.07, 6.45) is 5.15. The second-order valence-electron chi connectivity index (χ2n) is 4.91. The fourth-order valence-electron chi connectivity index (χ4n) is 2.16. The molecule has 0 saturated carbocycles. The Morgan fingerprint density at radius 1 is 1.12 bits per heavy atom. The third-order valence-corrected chi connectivity index (χ3v) is 4.37. The summed E-state index contributed by atoms with van der Waals surface area (Å²) in [5, 5.41) is 0. The number of hydrogen-bond donors (Lipinski definition) is 0. The second-order valence-corrected chi connectivity index (χ2v) is 5.90. The van der Waals surface area contributed by atoms with E-state index < -0.39 is 0 Å². The molecular formula is C19H13NO3S. The molecule has 3 aromatic rings. The Balaban J connectivity index is 1.88. The Morgan fingerprint density at radius 2 is 1.83 bits per heavy atom. The Hall–Kier alpha value is -3.10. The molecule has 0 aliphatic carbocycles. The zero-order valence-electron chi connectivity index (χ0n) is 12.6. The summed E-state index contributed by atoms with van der Waals surface area (Å²) in [6, 6.07) is 17.2. The third kappa shape index (κ3) is 3.29. The molecule has 0 saturated heterocycles. The van der Waals surface area contributed by atoms with Crippen molar-refractivity contribution >= 4 is 17.3 Å². The van der Waals surface area contributed by atoms with Gasteiger partial charge in [0.25, 0.3) is 5.56 Å². The molecule has 5 heteroatoms. The first-order valence-electron chi connectivity index (χ1n) is 7.19. The summed E-state index contributed by atoms with van der Waals surface area (Å²) in [5.41, 5.74) is 0.991. The van der Waals surface area contributed by atoms with Crippen molar-refractivity contribution in [1.82, 2.24) is 3.96 Å². The van der Waals surface area contributed by atoms with Crippen LogP contribution in [0.3, 0.4) is 0 Å². The summed E-state index contributed by atoms with van der Waals surface area (Å²) in [5.74, 6) is 2.86. The van der Waals surface area contributed by atoms with Gasteiger partial charge in [-0.15, -0.1) is 6.42 Å². The average Bonchev–Trinajstić information content (AvgIpc) is 3.02. The standard InChI is InChI=1S/C19H13NO3S/c1-2-12-23-16-10-8-15(9-11-16)20-18(21)13-17(24-20)19(22)14-6-4-3-5-7-14/h1,3-11,13H,12H2. The third-order valence-electron chi connectivity index (χ3n) is 3.30. The topological polar surface area (TPSA) is 48.3 Å². The van der Waals surface area contributed by atoms with Crippen molar-refractivity contribution in [2.75, 3.05) is 6.61 Å². The number of benzene rings is 2. The fourth-order valence-corrected chi connectivity index (χ4v) is 3.08. The van der Waals surface area contributed by atoms with Gasteiger partial charge in [0, 0.05) is 11.6 Å². The first-order valence-corrected chi connectivity index (χ1v) is 7.96. The molecule has 4 nitrogen and oxygen atoms in total. The van der Waals surface area contributed by atoms with Gasteiger partial charge >= 0.3 is 0 Å². The van der Waals surface area contributed by atoms with Gasteiger partial charge in [-0.2, -0.15) is 0 Å². The normalized spacial score (nSPS) is 10.1. The minimum absolute atomic E-state index is 0.162. The lowest BCUT2D eigenvalue weighted by Crippen LogP contribution is -2.09. The van der Waals surface area contributed by atoms with Crippen molar-refractivity contribution in [2.24, 2.45) is 0 Å². The van der Waals surface area contributed by atoms with E-state index in [-0.39, 0.29) is 17.9 Å². The number of ether oxygens (including phenoxy) is 1. The number of terminal acetylenes is 1. The van der Waals surface area contributed by atoms with Crippen LogP contribution in [-0.2, 0) is 0 Å². The lowest BCUT2D eigenvalue weighted by atomic mass is 10.1. The van der Waals surface area contributed by atoms with E-state index in [0.29, 0.717) is 21.9 Å². The van der Waals surface area contributed by atoms with Gasteiger partial charge in [-0.3, -0.25) is 9.59 Å². The molecule has 0 N–H and O–H groups in total. The van der Waals surface area contributed by atoms with Crippen molar-refractivity contribution in [2.45, 2.75) is 0 Å². The zero-order valence-corrected chi connectivity index (χ0v) is 13.5. The van der Waals surface area contributed by atoms with Gasteiger partial charge in [0.15, 0.2) is 0 Å². The summed E-state index contributed by atoms with van der Waals surface area (Å²) in [6.45, 7) is 0.189. The van der Waals surface area contributed by atoms with Crippen LogP contribution < -0.4 is 10.3 Å². The van der Waals surface area contributed by atoms with Gasteiger partial charge in [-0.25, -0.2) is 3.96 Å². The van der Waals surface area contributed by atoms with Crippen molar-refractivity contribution in [3.8, 4) is 23.8 Å². The number of carbonyl (C=O) groups is 1. The average molecular weight is 335 g/mol. The maximum Gasteiger partial charge on any atom is 0.266 e. The van der Waals surface area contributed by atoms with Crippen LogP contribution in [0.25, 0.3) is 5.69 Å². The van der Waals surface area contributed by atoms with E-state index in [0.717, 1.165) is 11.5 Å². The Kier molecular flexibility index (Phi) is 4.59. The maximum absolute atomic E-state index is 12.4. The minimum atomic E-state index is -0.239. The van der Waals surface area contributed by atoms with E-state index in [1.165, 1.54) is 10.0 Å². The molecule has 0 amide bonds. The predicted octanol–water partition coefficient (Wildman–Crippen LogP) is 3.14. The molecule has 3 rings (SSSR count). The molecule has 24 heavy (non-hydrogen) atoms. The highest BCUT2D eigenvalue weighted by atomic mass is 32.1. The lowest BCUT2D eigenvalue weighted by molar-refractivity contribution is 0.104. The van der Waals surface area contributed by atoms with E-state index in [9.17, 15) is 9.59 Å². The van der Waals surface area contributed by atoms with E-state index in [2.05, 4.69) is 5.92 Å². The number of rotatable bonds is 5. The summed E-state index contributed by atoms with van der Waals surface area (Å²) in [4.78, 5) is 25.0. The van der Waals surface area contributed by atoms with Gasteiger partial charge in [0.2, 0.25) is 5.78 Å². The van der Waals surface area contributed by atoms with Gasteiger partial charge in [0.05, 0.1) is 10.6 Å². The van der Waals surface area contributed by atoms with Gasteiger partial charge in [0.1, 0.15) is 12.4 Å². The van der Waals surface area contributed by atoms with Crippen molar-refractivity contribution in [3.05, 3.63) is 81.5 Å². The Bertz CT molecular complexity index is 947. The van der Waals surface area contributed by atoms with Crippen LogP contribution in [0.15, 0.2) is 65.5 Å². The van der Waals surface area contributed by atoms with Gasteiger partial charge in [-0.05, 0) is 35.8 Å². The molecule has 0 spiro atoms. The predicted molar refractivity (Wildman–Crippen MR) is 94.1 cm³/mol. The number of carbonyl (C=O) groups excluding carboxylic acids is 1. The van der Waals surface area contributed by atoms with Gasteiger partial charge in [-0.1, -0.05) is 36.3 Å². The summed E-state index contributed by atoms with van der Waals surface area (Å²) >= 11 is 1.12. The number of nitrogens with zero attached hydrogens (tertiary/aromatic N) is 1. The number of hydrogen-bond acceptors (Lipinski definition) is 4. The van der Waals surface area contributed by atoms with Crippen LogP contribution in [0.1, 0.15) is 15.2 Å². The lowest BCUT2D eigenvalue weighted by Gasteiger charge is -2.04. The molecule has 0 atom stereocenters. The molecule has 0 unspecified atom stereocenters. The molecule has 0 bridgehead atoms. The molecule has 0 radical (unpaired) electrons. The zero-order chi connectivity index (χ0) is 16.9.